The number of carbonyl (C=O) groups excluding carboxylic acids is 2. The van der Waals surface area contributed by atoms with Gasteiger partial charge in [-0.25, -0.2) is 0 Å². The second-order valence-electron chi connectivity index (χ2n) is 7.65. The first-order chi connectivity index (χ1) is 14.1. The highest BCUT2D eigenvalue weighted by molar-refractivity contribution is 5.96. The summed E-state index contributed by atoms with van der Waals surface area (Å²) in [5.41, 5.74) is 4.53. The predicted octanol–water partition coefficient (Wildman–Crippen LogP) is 4.62. The van der Waals surface area contributed by atoms with Crippen LogP contribution in [-0.4, -0.2) is 36.3 Å². The Labute approximate surface area is 173 Å². The average Bonchev–Trinajstić information content (AvgIpc) is 3.03. The first kappa shape index (κ1) is 20.9. The van der Waals surface area contributed by atoms with Gasteiger partial charge in [-0.05, 0) is 55.5 Å². The minimum absolute atomic E-state index is 0.0764. The first-order valence-electron chi connectivity index (χ1n) is 10.6. The molecule has 1 heterocycles. The average molecular weight is 394 g/mol. The molecule has 0 bridgehead atoms. The third kappa shape index (κ3) is 5.59. The second kappa shape index (κ2) is 10.1. The zero-order valence-corrected chi connectivity index (χ0v) is 17.5. The minimum Gasteiger partial charge on any atom is -0.376 e. The number of amides is 2. The lowest BCUT2D eigenvalue weighted by atomic mass is 10.1. The van der Waals surface area contributed by atoms with Crippen molar-refractivity contribution in [1.29, 1.82) is 0 Å². The van der Waals surface area contributed by atoms with Crippen LogP contribution in [0.5, 0.6) is 0 Å². The molecule has 2 amide bonds. The van der Waals surface area contributed by atoms with Crippen molar-refractivity contribution in [3.8, 4) is 0 Å². The summed E-state index contributed by atoms with van der Waals surface area (Å²) in [6.07, 6.45) is 5.40. The SMILES string of the molecule is CCc1cccc(C)c1NC(=O)CNc1cccc(C(=O)N2CCCCCC2)c1. The molecule has 29 heavy (non-hydrogen) atoms. The fraction of sp³-hybridized carbons (Fsp3) is 0.417. The van der Waals surface area contributed by atoms with E-state index in [0.717, 1.165) is 54.9 Å². The third-order valence-corrected chi connectivity index (χ3v) is 5.46. The van der Waals surface area contributed by atoms with Gasteiger partial charge in [0.1, 0.15) is 0 Å². The molecule has 1 saturated heterocycles. The van der Waals surface area contributed by atoms with Crippen LogP contribution in [0.15, 0.2) is 42.5 Å². The Morgan fingerprint density at radius 1 is 1.00 bits per heavy atom. The molecule has 2 aromatic carbocycles. The molecule has 5 nitrogen and oxygen atoms in total. The zero-order valence-electron chi connectivity index (χ0n) is 17.5. The Balaban J connectivity index is 1.60. The van der Waals surface area contributed by atoms with Crippen LogP contribution < -0.4 is 10.6 Å². The van der Waals surface area contributed by atoms with E-state index in [1.807, 2.05) is 54.3 Å². The molecule has 1 aliphatic heterocycles. The van der Waals surface area contributed by atoms with E-state index in [-0.39, 0.29) is 18.4 Å². The molecule has 154 valence electrons. The molecule has 1 aliphatic rings. The van der Waals surface area contributed by atoms with Crippen molar-refractivity contribution in [3.05, 3.63) is 59.2 Å². The number of para-hydroxylation sites is 1. The van der Waals surface area contributed by atoms with Gasteiger partial charge in [0.25, 0.3) is 5.91 Å². The van der Waals surface area contributed by atoms with Gasteiger partial charge < -0.3 is 15.5 Å². The molecule has 3 rings (SSSR count). The number of nitrogens with one attached hydrogen (secondary N) is 2. The van der Waals surface area contributed by atoms with Gasteiger partial charge in [0.05, 0.1) is 6.54 Å². The quantitative estimate of drug-likeness (QED) is 0.752. The number of anilines is 2. The number of benzene rings is 2. The molecular formula is C24H31N3O2. The largest absolute Gasteiger partial charge is 0.376 e. The van der Waals surface area contributed by atoms with Crippen molar-refractivity contribution >= 4 is 23.2 Å². The van der Waals surface area contributed by atoms with E-state index in [1.54, 1.807) is 0 Å². The molecule has 0 aromatic heterocycles. The molecule has 1 fully saturated rings. The highest BCUT2D eigenvalue weighted by Crippen LogP contribution is 2.21. The zero-order chi connectivity index (χ0) is 20.6. The smallest absolute Gasteiger partial charge is 0.253 e. The van der Waals surface area contributed by atoms with Crippen molar-refractivity contribution in [2.24, 2.45) is 0 Å². The number of hydrogen-bond acceptors (Lipinski definition) is 3. The molecule has 2 aromatic rings. The van der Waals surface area contributed by atoms with Crippen molar-refractivity contribution in [2.75, 3.05) is 30.3 Å². The summed E-state index contributed by atoms with van der Waals surface area (Å²) < 4.78 is 0. The van der Waals surface area contributed by atoms with Gasteiger partial charge in [-0.1, -0.05) is 44.0 Å². The van der Waals surface area contributed by atoms with E-state index < -0.39 is 0 Å². The van der Waals surface area contributed by atoms with Crippen LogP contribution in [0.3, 0.4) is 0 Å². The van der Waals surface area contributed by atoms with Gasteiger partial charge in [-0.2, -0.15) is 0 Å². The van der Waals surface area contributed by atoms with Gasteiger partial charge in [-0.15, -0.1) is 0 Å². The van der Waals surface area contributed by atoms with E-state index in [0.29, 0.717) is 5.56 Å². The van der Waals surface area contributed by atoms with Crippen molar-refractivity contribution in [1.82, 2.24) is 4.90 Å². The Morgan fingerprint density at radius 3 is 2.45 bits per heavy atom. The molecular weight excluding hydrogens is 362 g/mol. The van der Waals surface area contributed by atoms with Gasteiger partial charge in [0, 0.05) is 30.0 Å². The van der Waals surface area contributed by atoms with Gasteiger partial charge in [-0.3, -0.25) is 9.59 Å². The van der Waals surface area contributed by atoms with Crippen LogP contribution in [-0.2, 0) is 11.2 Å². The summed E-state index contributed by atoms with van der Waals surface area (Å²) in [5.74, 6) is -0.0225. The summed E-state index contributed by atoms with van der Waals surface area (Å²) in [6, 6.07) is 13.5. The summed E-state index contributed by atoms with van der Waals surface area (Å²) >= 11 is 0. The number of likely N-dealkylation sites (tertiary alicyclic amines) is 1. The first-order valence-corrected chi connectivity index (χ1v) is 10.6. The molecule has 2 N–H and O–H groups in total. The Hall–Kier alpha value is -2.82. The third-order valence-electron chi connectivity index (χ3n) is 5.46. The summed E-state index contributed by atoms with van der Waals surface area (Å²) in [6.45, 7) is 5.89. The number of hydrogen-bond donors (Lipinski definition) is 2. The monoisotopic (exact) mass is 393 g/mol. The van der Waals surface area contributed by atoms with Gasteiger partial charge in [0.15, 0.2) is 0 Å². The number of aryl methyl sites for hydroxylation is 2. The van der Waals surface area contributed by atoms with Crippen molar-refractivity contribution in [2.45, 2.75) is 46.0 Å². The maximum atomic E-state index is 12.8. The van der Waals surface area contributed by atoms with E-state index in [4.69, 9.17) is 0 Å². The fourth-order valence-corrected chi connectivity index (χ4v) is 3.79. The van der Waals surface area contributed by atoms with E-state index in [2.05, 4.69) is 17.6 Å². The summed E-state index contributed by atoms with van der Waals surface area (Å²) in [4.78, 5) is 27.2. The summed E-state index contributed by atoms with van der Waals surface area (Å²) in [7, 11) is 0. The molecule has 0 saturated carbocycles. The van der Waals surface area contributed by atoms with Crippen LogP contribution >= 0.6 is 0 Å². The number of nitrogens with zero attached hydrogens (tertiary/aromatic N) is 1. The summed E-state index contributed by atoms with van der Waals surface area (Å²) in [5, 5.41) is 6.17. The molecule has 0 atom stereocenters. The fourth-order valence-electron chi connectivity index (χ4n) is 3.79. The second-order valence-corrected chi connectivity index (χ2v) is 7.65. The van der Waals surface area contributed by atoms with Gasteiger partial charge >= 0.3 is 0 Å². The topological polar surface area (TPSA) is 61.4 Å². The van der Waals surface area contributed by atoms with E-state index in [9.17, 15) is 9.59 Å². The Morgan fingerprint density at radius 2 is 1.72 bits per heavy atom. The maximum absolute atomic E-state index is 12.8. The molecule has 0 spiro atoms. The lowest BCUT2D eigenvalue weighted by Crippen LogP contribution is -2.31. The lowest BCUT2D eigenvalue weighted by molar-refractivity contribution is -0.114. The predicted molar refractivity (Wildman–Crippen MR) is 118 cm³/mol. The van der Waals surface area contributed by atoms with Crippen molar-refractivity contribution < 1.29 is 9.59 Å². The highest BCUT2D eigenvalue weighted by Gasteiger charge is 2.17. The Bertz CT molecular complexity index is 855. The van der Waals surface area contributed by atoms with Crippen LogP contribution in [0.2, 0.25) is 0 Å². The molecule has 5 heteroatoms. The maximum Gasteiger partial charge on any atom is 0.253 e. The van der Waals surface area contributed by atoms with Crippen molar-refractivity contribution in [3.63, 3.8) is 0 Å². The van der Waals surface area contributed by atoms with Crippen LogP contribution in [0.25, 0.3) is 0 Å². The minimum atomic E-state index is -0.0988. The molecule has 0 unspecified atom stereocenters. The molecule has 0 radical (unpaired) electrons. The number of rotatable bonds is 6. The standard InChI is InChI=1S/C24H31N3O2/c1-3-19-11-8-10-18(2)23(19)26-22(28)17-25-21-13-9-12-20(16-21)24(29)27-14-6-4-5-7-15-27/h8-13,16,25H,3-7,14-15,17H2,1-2H3,(H,26,28). The molecule has 0 aliphatic carbocycles. The lowest BCUT2D eigenvalue weighted by Gasteiger charge is -2.20. The van der Waals surface area contributed by atoms with Crippen LogP contribution in [0.1, 0.15) is 54.1 Å². The van der Waals surface area contributed by atoms with E-state index in [1.165, 1.54) is 12.8 Å². The number of carbonyl (C=O) groups is 2. The van der Waals surface area contributed by atoms with Gasteiger partial charge in [0.2, 0.25) is 5.91 Å². The normalized spacial score (nSPS) is 14.2. The Kier molecular flexibility index (Phi) is 7.28. The van der Waals surface area contributed by atoms with Crippen LogP contribution in [0, 0.1) is 6.92 Å². The highest BCUT2D eigenvalue weighted by atomic mass is 16.2. The van der Waals surface area contributed by atoms with Crippen LogP contribution in [0.4, 0.5) is 11.4 Å². The van der Waals surface area contributed by atoms with E-state index >= 15 is 0 Å².